The Morgan fingerprint density at radius 3 is 1.83 bits per heavy atom. The lowest BCUT2D eigenvalue weighted by Crippen LogP contribution is -2.23. The van der Waals surface area contributed by atoms with Crippen LogP contribution in [0.4, 0.5) is 0 Å². The first-order valence-corrected chi connectivity index (χ1v) is 10.3. The van der Waals surface area contributed by atoms with E-state index in [1.54, 1.807) is 11.8 Å². The van der Waals surface area contributed by atoms with Crippen molar-refractivity contribution in [1.29, 1.82) is 0 Å². The zero-order chi connectivity index (χ0) is 16.8. The Bertz CT molecular complexity index is 407. The van der Waals surface area contributed by atoms with E-state index in [9.17, 15) is 0 Å². The van der Waals surface area contributed by atoms with Gasteiger partial charge >= 0.3 is 0 Å². The first-order valence-electron chi connectivity index (χ1n) is 10.3. The van der Waals surface area contributed by atoms with Gasteiger partial charge in [0.1, 0.15) is 0 Å². The minimum atomic E-state index is 0.789. The molecule has 0 N–H and O–H groups in total. The lowest BCUT2D eigenvalue weighted by Gasteiger charge is -2.36. The first kappa shape index (κ1) is 18.0. The summed E-state index contributed by atoms with van der Waals surface area (Å²) in [6.45, 7) is 7.89. The molecular formula is C24H35. The van der Waals surface area contributed by atoms with E-state index in [-0.39, 0.29) is 0 Å². The van der Waals surface area contributed by atoms with Crippen molar-refractivity contribution in [3.8, 4) is 0 Å². The van der Waals surface area contributed by atoms with Crippen molar-refractivity contribution in [2.45, 2.75) is 77.0 Å². The van der Waals surface area contributed by atoms with Crippen LogP contribution in [-0.4, -0.2) is 0 Å². The van der Waals surface area contributed by atoms with Gasteiger partial charge in [-0.2, -0.15) is 0 Å². The average Bonchev–Trinajstić information content (AvgIpc) is 2.67. The molecule has 3 aliphatic rings. The maximum absolute atomic E-state index is 3.97. The van der Waals surface area contributed by atoms with Gasteiger partial charge in [0.05, 0.1) is 0 Å². The first-order chi connectivity index (χ1) is 11.8. The minimum absolute atomic E-state index is 0.789. The van der Waals surface area contributed by atoms with Gasteiger partial charge in [0.2, 0.25) is 0 Å². The highest BCUT2D eigenvalue weighted by molar-refractivity contribution is 5.17. The highest BCUT2D eigenvalue weighted by Crippen LogP contribution is 2.43. The molecule has 0 spiro atoms. The van der Waals surface area contributed by atoms with Crippen LogP contribution < -0.4 is 0 Å². The fourth-order valence-corrected chi connectivity index (χ4v) is 4.90. The molecule has 131 valence electrons. The van der Waals surface area contributed by atoms with Crippen LogP contribution in [0, 0.1) is 35.5 Å². The molecule has 3 saturated carbocycles. The van der Waals surface area contributed by atoms with Crippen LogP contribution in [-0.2, 0) is 0 Å². The van der Waals surface area contributed by atoms with E-state index in [0.717, 1.165) is 17.8 Å². The maximum Gasteiger partial charge on any atom is -0.00270 e. The lowest BCUT2D eigenvalue weighted by molar-refractivity contribution is 0.320. The third-order valence-electron chi connectivity index (χ3n) is 6.78. The smallest absolute Gasteiger partial charge is 0.00270 e. The number of rotatable bonds is 5. The highest BCUT2D eigenvalue weighted by Gasteiger charge is 2.30. The van der Waals surface area contributed by atoms with Crippen molar-refractivity contribution in [1.82, 2.24) is 0 Å². The summed E-state index contributed by atoms with van der Waals surface area (Å²) in [6, 6.07) is 0. The largest absolute Gasteiger partial charge is 0.103 e. The van der Waals surface area contributed by atoms with Gasteiger partial charge in [-0.3, -0.25) is 0 Å². The molecular weight excluding hydrogens is 288 g/mol. The molecule has 0 nitrogen and oxygen atoms in total. The lowest BCUT2D eigenvalue weighted by atomic mass is 9.69. The molecule has 0 aliphatic heterocycles. The molecule has 0 saturated heterocycles. The predicted octanol–water partition coefficient (Wildman–Crippen LogP) is 7.21. The Morgan fingerprint density at radius 1 is 0.667 bits per heavy atom. The normalized spacial score (nSPS) is 27.7. The second-order valence-corrected chi connectivity index (χ2v) is 8.22. The molecule has 3 fully saturated rings. The SMILES string of the molecule is C=C[C]1CCC(/C=C/[C]2CCC([C]3CCC(C=C)CC3)CC2)CC1. The standard InChI is InChI=1S/C24H35/c1-3-19-5-7-21(8-6-19)9-10-22-13-17-24(18-14-22)23-15-11-20(4-2)12-16-23/h3-4,9-10,20-21,24H,1-2,5-8,11-18H2/b10-9+. The fraction of sp³-hybridized carbons (Fsp3) is 0.625. The van der Waals surface area contributed by atoms with Crippen molar-refractivity contribution in [3.63, 3.8) is 0 Å². The maximum atomic E-state index is 3.97. The molecule has 3 aliphatic carbocycles. The second kappa shape index (κ2) is 9.07. The van der Waals surface area contributed by atoms with Crippen LogP contribution in [0.1, 0.15) is 77.0 Å². The zero-order valence-corrected chi connectivity index (χ0v) is 15.4. The van der Waals surface area contributed by atoms with Gasteiger partial charge in [-0.25, -0.2) is 0 Å². The Labute approximate surface area is 150 Å². The molecule has 0 aromatic rings. The summed E-state index contributed by atoms with van der Waals surface area (Å²) >= 11 is 0. The molecule has 24 heavy (non-hydrogen) atoms. The quantitative estimate of drug-likeness (QED) is 0.469. The van der Waals surface area contributed by atoms with Gasteiger partial charge in [0.15, 0.2) is 0 Å². The van der Waals surface area contributed by atoms with Gasteiger partial charge in [0, 0.05) is 0 Å². The van der Waals surface area contributed by atoms with Crippen LogP contribution in [0.25, 0.3) is 0 Å². The summed E-state index contributed by atoms with van der Waals surface area (Å²) in [6.07, 6.45) is 25.4. The van der Waals surface area contributed by atoms with Gasteiger partial charge in [-0.05, 0) is 113 Å². The number of hydrogen-bond acceptors (Lipinski definition) is 0. The molecule has 0 heterocycles. The summed E-state index contributed by atoms with van der Waals surface area (Å²) < 4.78 is 0. The summed E-state index contributed by atoms with van der Waals surface area (Å²) in [7, 11) is 0. The van der Waals surface area contributed by atoms with E-state index in [2.05, 4.69) is 37.5 Å². The topological polar surface area (TPSA) is 0 Å². The van der Waals surface area contributed by atoms with Crippen LogP contribution in [0.2, 0.25) is 0 Å². The molecule has 0 heteroatoms. The molecule has 3 rings (SSSR count). The molecule has 0 aromatic heterocycles. The third-order valence-corrected chi connectivity index (χ3v) is 6.78. The van der Waals surface area contributed by atoms with Crippen LogP contribution in [0.15, 0.2) is 37.5 Å². The molecule has 0 unspecified atom stereocenters. The summed E-state index contributed by atoms with van der Waals surface area (Å²) in [4.78, 5) is 0. The molecule has 0 atom stereocenters. The number of hydrogen-bond donors (Lipinski definition) is 0. The van der Waals surface area contributed by atoms with E-state index in [4.69, 9.17) is 0 Å². The van der Waals surface area contributed by atoms with Gasteiger partial charge in [-0.1, -0.05) is 24.3 Å². The molecule has 0 aromatic carbocycles. The second-order valence-electron chi connectivity index (χ2n) is 8.22. The fourth-order valence-electron chi connectivity index (χ4n) is 4.90. The van der Waals surface area contributed by atoms with E-state index >= 15 is 0 Å². The summed E-state index contributed by atoms with van der Waals surface area (Å²) in [5, 5.41) is 0. The third kappa shape index (κ3) is 4.87. The van der Waals surface area contributed by atoms with Crippen LogP contribution in [0.5, 0.6) is 0 Å². The molecule has 3 radical (unpaired) electrons. The van der Waals surface area contributed by atoms with Crippen molar-refractivity contribution in [3.05, 3.63) is 55.2 Å². The summed E-state index contributed by atoms with van der Waals surface area (Å²) in [5.41, 5.74) is 0. The average molecular weight is 324 g/mol. The van der Waals surface area contributed by atoms with Gasteiger partial charge in [-0.15, -0.1) is 13.2 Å². The summed E-state index contributed by atoms with van der Waals surface area (Å²) in [5.74, 6) is 7.68. The van der Waals surface area contributed by atoms with Crippen molar-refractivity contribution < 1.29 is 0 Å². The Hall–Kier alpha value is -0.780. The zero-order valence-electron chi connectivity index (χ0n) is 15.4. The minimum Gasteiger partial charge on any atom is -0.103 e. The van der Waals surface area contributed by atoms with E-state index in [1.807, 2.05) is 5.92 Å². The predicted molar refractivity (Wildman–Crippen MR) is 105 cm³/mol. The van der Waals surface area contributed by atoms with E-state index in [0.29, 0.717) is 0 Å². The van der Waals surface area contributed by atoms with Crippen LogP contribution >= 0.6 is 0 Å². The molecule has 0 bridgehead atoms. The Balaban J connectivity index is 1.37. The Kier molecular flexibility index (Phi) is 6.81. The molecule has 0 amide bonds. The van der Waals surface area contributed by atoms with E-state index < -0.39 is 0 Å². The van der Waals surface area contributed by atoms with Crippen molar-refractivity contribution >= 4 is 0 Å². The van der Waals surface area contributed by atoms with Gasteiger partial charge < -0.3 is 0 Å². The Morgan fingerprint density at radius 2 is 1.25 bits per heavy atom. The van der Waals surface area contributed by atoms with Crippen molar-refractivity contribution in [2.24, 2.45) is 17.8 Å². The van der Waals surface area contributed by atoms with Gasteiger partial charge in [0.25, 0.3) is 0 Å². The van der Waals surface area contributed by atoms with E-state index in [1.165, 1.54) is 77.0 Å². The van der Waals surface area contributed by atoms with Crippen molar-refractivity contribution in [2.75, 3.05) is 0 Å². The van der Waals surface area contributed by atoms with Crippen LogP contribution in [0.3, 0.4) is 0 Å². The number of allylic oxidation sites excluding steroid dienone is 4. The monoisotopic (exact) mass is 323 g/mol. The highest BCUT2D eigenvalue weighted by atomic mass is 14.3.